The fourth-order valence-electron chi connectivity index (χ4n) is 2.29. The van der Waals surface area contributed by atoms with E-state index in [4.69, 9.17) is 10.5 Å². The summed E-state index contributed by atoms with van der Waals surface area (Å²) in [4.78, 5) is 7.09. The SMILES string of the molecule is CCC1COC(C)CN1Cc1csc(C(C)N)n1. The van der Waals surface area contributed by atoms with Crippen molar-refractivity contribution >= 4 is 11.3 Å². The molecule has 2 rings (SSSR count). The molecule has 1 saturated heterocycles. The van der Waals surface area contributed by atoms with E-state index in [1.165, 1.54) is 0 Å². The summed E-state index contributed by atoms with van der Waals surface area (Å²) in [6, 6.07) is 0.552. The van der Waals surface area contributed by atoms with Crippen molar-refractivity contribution < 1.29 is 4.74 Å². The van der Waals surface area contributed by atoms with Crippen LogP contribution in [-0.2, 0) is 11.3 Å². The second kappa shape index (κ2) is 6.10. The lowest BCUT2D eigenvalue weighted by Gasteiger charge is -2.37. The number of ether oxygens (including phenoxy) is 1. The smallest absolute Gasteiger partial charge is 0.109 e. The molecule has 2 heterocycles. The Hall–Kier alpha value is -0.490. The van der Waals surface area contributed by atoms with E-state index in [1.807, 2.05) is 6.92 Å². The first-order chi connectivity index (χ1) is 8.60. The molecule has 5 heteroatoms. The number of hydrogen-bond donors (Lipinski definition) is 1. The molecular weight excluding hydrogens is 246 g/mol. The van der Waals surface area contributed by atoms with E-state index in [0.29, 0.717) is 12.1 Å². The van der Waals surface area contributed by atoms with Crippen molar-refractivity contribution in [1.82, 2.24) is 9.88 Å². The number of rotatable bonds is 4. The summed E-state index contributed by atoms with van der Waals surface area (Å²) in [6.07, 6.45) is 1.44. The van der Waals surface area contributed by atoms with E-state index >= 15 is 0 Å². The van der Waals surface area contributed by atoms with Crippen molar-refractivity contribution in [3.05, 3.63) is 16.1 Å². The minimum Gasteiger partial charge on any atom is -0.376 e. The van der Waals surface area contributed by atoms with Crippen LogP contribution in [0.2, 0.25) is 0 Å². The van der Waals surface area contributed by atoms with Gasteiger partial charge in [-0.3, -0.25) is 4.90 Å². The number of morpholine rings is 1. The monoisotopic (exact) mass is 269 g/mol. The van der Waals surface area contributed by atoms with Crippen molar-refractivity contribution in [2.75, 3.05) is 13.2 Å². The third-order valence-electron chi connectivity index (χ3n) is 3.38. The van der Waals surface area contributed by atoms with Gasteiger partial charge in [-0.15, -0.1) is 11.3 Å². The van der Waals surface area contributed by atoms with Crippen LogP contribution in [0.3, 0.4) is 0 Å². The van der Waals surface area contributed by atoms with Gasteiger partial charge in [0, 0.05) is 24.5 Å². The number of nitrogens with zero attached hydrogens (tertiary/aromatic N) is 2. The van der Waals surface area contributed by atoms with Gasteiger partial charge in [0.05, 0.1) is 24.4 Å². The van der Waals surface area contributed by atoms with Gasteiger partial charge in [-0.2, -0.15) is 0 Å². The minimum atomic E-state index is 0.0364. The average molecular weight is 269 g/mol. The Labute approximate surface area is 113 Å². The standard InChI is InChI=1S/C13H23N3OS/c1-4-12-7-17-9(2)5-16(12)6-11-8-18-13(15-11)10(3)14/h8-10,12H,4-7,14H2,1-3H3. The highest BCUT2D eigenvalue weighted by atomic mass is 32.1. The fourth-order valence-corrected chi connectivity index (χ4v) is 3.06. The lowest BCUT2D eigenvalue weighted by molar-refractivity contribution is -0.0595. The largest absolute Gasteiger partial charge is 0.376 e. The maximum atomic E-state index is 5.85. The molecule has 0 saturated carbocycles. The topological polar surface area (TPSA) is 51.4 Å². The Morgan fingerprint density at radius 2 is 2.44 bits per heavy atom. The second-order valence-electron chi connectivity index (χ2n) is 5.10. The zero-order chi connectivity index (χ0) is 13.1. The maximum Gasteiger partial charge on any atom is 0.109 e. The molecule has 3 atom stereocenters. The molecule has 3 unspecified atom stereocenters. The Kier molecular flexibility index (Phi) is 4.72. The lowest BCUT2D eigenvalue weighted by atomic mass is 10.1. The summed E-state index contributed by atoms with van der Waals surface area (Å²) in [5.41, 5.74) is 6.99. The molecule has 0 spiro atoms. The van der Waals surface area contributed by atoms with Gasteiger partial charge < -0.3 is 10.5 Å². The van der Waals surface area contributed by atoms with Gasteiger partial charge in [0.25, 0.3) is 0 Å². The van der Waals surface area contributed by atoms with Crippen molar-refractivity contribution in [2.24, 2.45) is 5.73 Å². The Bertz CT molecular complexity index is 380. The Balaban J connectivity index is 2.01. The van der Waals surface area contributed by atoms with Gasteiger partial charge in [0.1, 0.15) is 5.01 Å². The molecule has 4 nitrogen and oxygen atoms in total. The first-order valence-electron chi connectivity index (χ1n) is 6.65. The summed E-state index contributed by atoms with van der Waals surface area (Å²) >= 11 is 1.66. The zero-order valence-corrected chi connectivity index (χ0v) is 12.2. The summed E-state index contributed by atoms with van der Waals surface area (Å²) in [6.45, 7) is 9.06. The van der Waals surface area contributed by atoms with Crippen LogP contribution < -0.4 is 5.73 Å². The van der Waals surface area contributed by atoms with Crippen LogP contribution in [0.5, 0.6) is 0 Å². The molecule has 0 amide bonds. The van der Waals surface area contributed by atoms with Gasteiger partial charge in [-0.25, -0.2) is 4.98 Å². The predicted molar refractivity (Wildman–Crippen MR) is 74.6 cm³/mol. The van der Waals surface area contributed by atoms with Crippen molar-refractivity contribution in [1.29, 1.82) is 0 Å². The van der Waals surface area contributed by atoms with Gasteiger partial charge in [0.15, 0.2) is 0 Å². The summed E-state index contributed by atoms with van der Waals surface area (Å²) in [7, 11) is 0. The molecule has 0 aliphatic carbocycles. The van der Waals surface area contributed by atoms with E-state index in [9.17, 15) is 0 Å². The summed E-state index contributed by atoms with van der Waals surface area (Å²) in [5, 5.41) is 3.16. The summed E-state index contributed by atoms with van der Waals surface area (Å²) in [5.74, 6) is 0. The van der Waals surface area contributed by atoms with Crippen LogP contribution in [0, 0.1) is 0 Å². The molecule has 0 aromatic carbocycles. The van der Waals surface area contributed by atoms with E-state index < -0.39 is 0 Å². The lowest BCUT2D eigenvalue weighted by Crippen LogP contribution is -2.47. The van der Waals surface area contributed by atoms with E-state index in [-0.39, 0.29) is 6.04 Å². The van der Waals surface area contributed by atoms with E-state index in [0.717, 1.165) is 36.8 Å². The molecular formula is C13H23N3OS. The van der Waals surface area contributed by atoms with Gasteiger partial charge in [-0.1, -0.05) is 6.92 Å². The molecule has 2 N–H and O–H groups in total. The van der Waals surface area contributed by atoms with Gasteiger partial charge in [-0.05, 0) is 20.3 Å². The average Bonchev–Trinajstić information content (AvgIpc) is 2.78. The molecule has 1 aromatic heterocycles. The first kappa shape index (κ1) is 13.9. The number of hydrogen-bond acceptors (Lipinski definition) is 5. The maximum absolute atomic E-state index is 5.85. The normalized spacial score (nSPS) is 27.3. The molecule has 1 aromatic rings. The third kappa shape index (κ3) is 3.29. The van der Waals surface area contributed by atoms with Gasteiger partial charge in [0.2, 0.25) is 0 Å². The molecule has 0 radical (unpaired) electrons. The second-order valence-corrected chi connectivity index (χ2v) is 5.99. The highest BCUT2D eigenvalue weighted by Gasteiger charge is 2.26. The van der Waals surface area contributed by atoms with Crippen LogP contribution in [0.4, 0.5) is 0 Å². The highest BCUT2D eigenvalue weighted by Crippen LogP contribution is 2.21. The molecule has 1 aliphatic rings. The van der Waals surface area contributed by atoms with Crippen molar-refractivity contribution in [2.45, 2.75) is 51.9 Å². The number of thiazole rings is 1. The third-order valence-corrected chi connectivity index (χ3v) is 4.47. The van der Waals surface area contributed by atoms with Crippen LogP contribution in [0.15, 0.2) is 5.38 Å². The van der Waals surface area contributed by atoms with Crippen molar-refractivity contribution in [3.8, 4) is 0 Å². The van der Waals surface area contributed by atoms with Crippen LogP contribution >= 0.6 is 11.3 Å². The zero-order valence-electron chi connectivity index (χ0n) is 11.4. The molecule has 0 bridgehead atoms. The number of nitrogens with two attached hydrogens (primary N) is 1. The molecule has 1 fully saturated rings. The fraction of sp³-hybridized carbons (Fsp3) is 0.769. The Morgan fingerprint density at radius 1 is 1.67 bits per heavy atom. The minimum absolute atomic E-state index is 0.0364. The van der Waals surface area contributed by atoms with Crippen molar-refractivity contribution in [3.63, 3.8) is 0 Å². The van der Waals surface area contributed by atoms with E-state index in [2.05, 4.69) is 29.1 Å². The molecule has 102 valence electrons. The van der Waals surface area contributed by atoms with Gasteiger partial charge >= 0.3 is 0 Å². The van der Waals surface area contributed by atoms with Crippen LogP contribution in [-0.4, -0.2) is 35.2 Å². The Morgan fingerprint density at radius 3 is 3.06 bits per heavy atom. The van der Waals surface area contributed by atoms with Crippen LogP contribution in [0.25, 0.3) is 0 Å². The highest BCUT2D eigenvalue weighted by molar-refractivity contribution is 7.09. The van der Waals surface area contributed by atoms with E-state index in [1.54, 1.807) is 11.3 Å². The van der Waals surface area contributed by atoms with Crippen LogP contribution in [0.1, 0.15) is 43.9 Å². The summed E-state index contributed by atoms with van der Waals surface area (Å²) < 4.78 is 5.71. The number of aromatic nitrogens is 1. The molecule has 1 aliphatic heterocycles. The predicted octanol–water partition coefficient (Wildman–Crippen LogP) is 2.16. The molecule has 18 heavy (non-hydrogen) atoms. The first-order valence-corrected chi connectivity index (χ1v) is 7.53. The quantitative estimate of drug-likeness (QED) is 0.910.